The lowest BCUT2D eigenvalue weighted by Crippen LogP contribution is -2.27. The molecule has 1 atom stereocenters. The first-order chi connectivity index (χ1) is 12.2. The van der Waals surface area contributed by atoms with Gasteiger partial charge in [0.1, 0.15) is 12.3 Å². The maximum atomic E-state index is 14.6. The van der Waals surface area contributed by atoms with Gasteiger partial charge in [-0.15, -0.1) is 0 Å². The fourth-order valence-electron chi connectivity index (χ4n) is 2.56. The van der Waals surface area contributed by atoms with Crippen LogP contribution in [-0.4, -0.2) is 17.8 Å². The Balaban J connectivity index is 2.40. The molecule has 1 N–H and O–H groups in total. The summed E-state index contributed by atoms with van der Waals surface area (Å²) in [6, 6.07) is 8.43. The number of nitrogens with zero attached hydrogens (tertiary/aromatic N) is 1. The second-order valence-electron chi connectivity index (χ2n) is 6.50. The number of hydrogen-bond acceptors (Lipinski definition) is 3. The number of aryl methyl sites for hydroxylation is 1. The molecule has 0 aliphatic rings. The summed E-state index contributed by atoms with van der Waals surface area (Å²) in [4.78, 5) is 5.73. The maximum absolute atomic E-state index is 14.6. The molecule has 2 rings (SSSR count). The van der Waals surface area contributed by atoms with Crippen LogP contribution in [0.3, 0.4) is 0 Å². The summed E-state index contributed by atoms with van der Waals surface area (Å²) in [5.74, 6) is -1.71. The van der Waals surface area contributed by atoms with Crippen molar-refractivity contribution in [3.8, 4) is 0 Å². The van der Waals surface area contributed by atoms with E-state index in [-0.39, 0.29) is 16.8 Å². The first-order valence-electron chi connectivity index (χ1n) is 8.21. The molecule has 7 heteroatoms. The molecular formula is C19H21BrF2INO2. The van der Waals surface area contributed by atoms with Crippen LogP contribution in [0.2, 0.25) is 0 Å². The van der Waals surface area contributed by atoms with Crippen LogP contribution >= 0.6 is 38.5 Å². The van der Waals surface area contributed by atoms with Gasteiger partial charge in [-0.05, 0) is 93.7 Å². The van der Waals surface area contributed by atoms with E-state index in [0.717, 1.165) is 9.13 Å². The maximum Gasteiger partial charge on any atom is 0.186 e. The van der Waals surface area contributed by atoms with Gasteiger partial charge in [0.05, 0.1) is 16.3 Å². The van der Waals surface area contributed by atoms with Crippen molar-refractivity contribution < 1.29 is 18.7 Å². The minimum absolute atomic E-state index is 0.0271. The summed E-state index contributed by atoms with van der Waals surface area (Å²) in [6.07, 6.45) is -0.151. The smallest absolute Gasteiger partial charge is 0.186 e. The Kier molecular flexibility index (Phi) is 7.81. The second kappa shape index (κ2) is 9.43. The third-order valence-electron chi connectivity index (χ3n) is 3.75. The lowest BCUT2D eigenvalue weighted by Gasteiger charge is -2.27. The van der Waals surface area contributed by atoms with Crippen molar-refractivity contribution in [1.29, 1.82) is 0 Å². The second-order valence-corrected chi connectivity index (χ2v) is 8.60. The van der Waals surface area contributed by atoms with E-state index >= 15 is 0 Å². The SMILES string of the molecule is Cc1cc(I)ccc1N(OCC(O)CC(C)C)c1ccc(Br)c(F)c1F. The van der Waals surface area contributed by atoms with Crippen molar-refractivity contribution in [1.82, 2.24) is 0 Å². The monoisotopic (exact) mass is 539 g/mol. The Labute approximate surface area is 174 Å². The summed E-state index contributed by atoms with van der Waals surface area (Å²) < 4.78 is 29.7. The average molecular weight is 540 g/mol. The normalized spacial score (nSPS) is 12.5. The van der Waals surface area contributed by atoms with E-state index < -0.39 is 17.7 Å². The van der Waals surface area contributed by atoms with Gasteiger partial charge in [-0.1, -0.05) is 13.8 Å². The van der Waals surface area contributed by atoms with Crippen LogP contribution in [0.5, 0.6) is 0 Å². The molecule has 0 aromatic heterocycles. The summed E-state index contributed by atoms with van der Waals surface area (Å²) in [6.45, 7) is 5.83. The molecular weight excluding hydrogens is 519 g/mol. The van der Waals surface area contributed by atoms with Gasteiger partial charge < -0.3 is 5.11 Å². The highest BCUT2D eigenvalue weighted by Gasteiger charge is 2.22. The van der Waals surface area contributed by atoms with Crippen LogP contribution in [-0.2, 0) is 4.84 Å². The van der Waals surface area contributed by atoms with E-state index in [4.69, 9.17) is 4.84 Å². The first kappa shape index (κ1) is 21.5. The molecule has 0 saturated heterocycles. The van der Waals surface area contributed by atoms with Crippen LogP contribution in [0.15, 0.2) is 34.8 Å². The molecule has 0 bridgehead atoms. The number of anilines is 2. The minimum Gasteiger partial charge on any atom is -0.391 e. The van der Waals surface area contributed by atoms with E-state index in [2.05, 4.69) is 38.5 Å². The molecule has 0 saturated carbocycles. The van der Waals surface area contributed by atoms with Gasteiger partial charge in [0.25, 0.3) is 0 Å². The molecule has 0 heterocycles. The van der Waals surface area contributed by atoms with Gasteiger partial charge in [-0.2, -0.15) is 0 Å². The van der Waals surface area contributed by atoms with Crippen LogP contribution in [0.4, 0.5) is 20.2 Å². The molecule has 0 spiro atoms. The Morgan fingerprint density at radius 1 is 1.15 bits per heavy atom. The van der Waals surface area contributed by atoms with E-state index in [1.165, 1.54) is 17.2 Å². The molecule has 0 fully saturated rings. The molecule has 26 heavy (non-hydrogen) atoms. The largest absolute Gasteiger partial charge is 0.391 e. The molecule has 0 radical (unpaired) electrons. The number of aliphatic hydroxyl groups excluding tert-OH is 1. The van der Waals surface area contributed by atoms with Gasteiger partial charge in [0.2, 0.25) is 0 Å². The van der Waals surface area contributed by atoms with Crippen LogP contribution in [0, 0.1) is 28.0 Å². The predicted octanol–water partition coefficient (Wildman–Crippen LogP) is 6.12. The molecule has 1 unspecified atom stereocenters. The predicted molar refractivity (Wildman–Crippen MR) is 112 cm³/mol. The van der Waals surface area contributed by atoms with Gasteiger partial charge in [-0.3, -0.25) is 4.84 Å². The fraction of sp³-hybridized carbons (Fsp3) is 0.368. The highest BCUT2D eigenvalue weighted by atomic mass is 127. The summed E-state index contributed by atoms with van der Waals surface area (Å²) >= 11 is 5.17. The van der Waals surface area contributed by atoms with Gasteiger partial charge in [0.15, 0.2) is 11.6 Å². The summed E-state index contributed by atoms with van der Waals surface area (Å²) in [7, 11) is 0. The zero-order valence-electron chi connectivity index (χ0n) is 14.8. The highest BCUT2D eigenvalue weighted by Crippen LogP contribution is 2.34. The van der Waals surface area contributed by atoms with Crippen LogP contribution in [0.25, 0.3) is 0 Å². The van der Waals surface area contributed by atoms with E-state index in [1.807, 2.05) is 32.9 Å². The van der Waals surface area contributed by atoms with E-state index in [0.29, 0.717) is 18.0 Å². The lowest BCUT2D eigenvalue weighted by atomic mass is 10.1. The topological polar surface area (TPSA) is 32.7 Å². The molecule has 2 aromatic carbocycles. The van der Waals surface area contributed by atoms with Crippen molar-refractivity contribution in [3.63, 3.8) is 0 Å². The fourth-order valence-corrected chi connectivity index (χ4v) is 3.51. The number of halogens is 4. The van der Waals surface area contributed by atoms with E-state index in [1.54, 1.807) is 6.07 Å². The number of hydrogen-bond donors (Lipinski definition) is 1. The third kappa shape index (κ3) is 5.37. The van der Waals surface area contributed by atoms with Gasteiger partial charge in [0, 0.05) is 3.57 Å². The summed E-state index contributed by atoms with van der Waals surface area (Å²) in [5, 5.41) is 11.4. The minimum atomic E-state index is -1.02. The number of aliphatic hydroxyl groups is 1. The van der Waals surface area contributed by atoms with E-state index in [9.17, 15) is 13.9 Å². The first-order valence-corrected chi connectivity index (χ1v) is 10.1. The zero-order valence-corrected chi connectivity index (χ0v) is 18.5. The van der Waals surface area contributed by atoms with Crippen LogP contribution in [0.1, 0.15) is 25.8 Å². The van der Waals surface area contributed by atoms with Crippen molar-refractivity contribution in [3.05, 3.63) is 55.6 Å². The molecule has 0 amide bonds. The van der Waals surface area contributed by atoms with Crippen LogP contribution < -0.4 is 5.06 Å². The molecule has 2 aromatic rings. The number of rotatable bonds is 7. The van der Waals surface area contributed by atoms with Crippen molar-refractivity contribution >= 4 is 49.9 Å². The van der Waals surface area contributed by atoms with Crippen molar-refractivity contribution in [2.75, 3.05) is 11.7 Å². The number of benzene rings is 2. The Morgan fingerprint density at radius 3 is 2.42 bits per heavy atom. The van der Waals surface area contributed by atoms with Crippen molar-refractivity contribution in [2.45, 2.75) is 33.3 Å². The quantitative estimate of drug-likeness (QED) is 0.261. The molecule has 0 aliphatic heterocycles. The van der Waals surface area contributed by atoms with Gasteiger partial charge >= 0.3 is 0 Å². The molecule has 3 nitrogen and oxygen atoms in total. The molecule has 0 aliphatic carbocycles. The standard InChI is InChI=1S/C19H21BrF2INO2/c1-11(2)8-14(25)10-26-24(16-6-4-13(23)9-12(16)3)17-7-5-15(20)18(21)19(17)22/h4-7,9,11,14,25H,8,10H2,1-3H3. The lowest BCUT2D eigenvalue weighted by molar-refractivity contribution is 0.0256. The van der Waals surface area contributed by atoms with Gasteiger partial charge in [-0.25, -0.2) is 13.8 Å². The third-order valence-corrected chi connectivity index (χ3v) is 5.03. The van der Waals surface area contributed by atoms with Crippen molar-refractivity contribution in [2.24, 2.45) is 5.92 Å². The Hall–Kier alpha value is -0.770. The Morgan fingerprint density at radius 2 is 1.81 bits per heavy atom. The molecule has 142 valence electrons. The summed E-state index contributed by atoms with van der Waals surface area (Å²) in [5.41, 5.74) is 1.38. The average Bonchev–Trinajstić information content (AvgIpc) is 2.55. The highest BCUT2D eigenvalue weighted by molar-refractivity contribution is 14.1. The Bertz CT molecular complexity index is 773. The zero-order chi connectivity index (χ0) is 19.4.